The first-order valence-electron chi connectivity index (χ1n) is 6.48. The number of nitrogens with one attached hydrogen (secondary N) is 2. The molecule has 0 saturated carbocycles. The lowest BCUT2D eigenvalue weighted by Gasteiger charge is -2.17. The Kier molecular flexibility index (Phi) is 7.56. The highest BCUT2D eigenvalue weighted by Crippen LogP contribution is 2.25. The maximum Gasteiger partial charge on any atom is 0.243 e. The molecule has 2 amide bonds. The summed E-state index contributed by atoms with van der Waals surface area (Å²) in [7, 11) is 0. The van der Waals surface area contributed by atoms with Gasteiger partial charge in [0, 0.05) is 29.1 Å². The Morgan fingerprint density at radius 2 is 2.14 bits per heavy atom. The smallest absolute Gasteiger partial charge is 0.243 e. The summed E-state index contributed by atoms with van der Waals surface area (Å²) in [6.07, 6.45) is 0. The zero-order valence-corrected chi connectivity index (χ0v) is 13.6. The summed E-state index contributed by atoms with van der Waals surface area (Å²) < 4.78 is 0. The molecule has 1 unspecified atom stereocenters. The first-order chi connectivity index (χ1) is 9.93. The second-order valence-electron chi connectivity index (χ2n) is 4.49. The highest BCUT2D eigenvalue weighted by atomic mass is 35.5. The highest BCUT2D eigenvalue weighted by molar-refractivity contribution is 7.99. The van der Waals surface area contributed by atoms with Crippen molar-refractivity contribution < 1.29 is 14.7 Å². The SMILES string of the molecule is CC(=O)NC(CSc1ccc(C)c(Cl)c1)C(=O)NCCO. The van der Waals surface area contributed by atoms with E-state index in [4.69, 9.17) is 16.7 Å². The van der Waals surface area contributed by atoms with Crippen LogP contribution in [0.5, 0.6) is 0 Å². The third kappa shape index (κ3) is 6.37. The van der Waals surface area contributed by atoms with E-state index < -0.39 is 6.04 Å². The van der Waals surface area contributed by atoms with Gasteiger partial charge in [-0.15, -0.1) is 11.8 Å². The minimum absolute atomic E-state index is 0.140. The van der Waals surface area contributed by atoms with Crippen LogP contribution in [0.4, 0.5) is 0 Å². The fraction of sp³-hybridized carbons (Fsp3) is 0.429. The van der Waals surface area contributed by atoms with E-state index in [2.05, 4.69) is 10.6 Å². The van der Waals surface area contributed by atoms with Crippen LogP contribution in [0.3, 0.4) is 0 Å². The molecule has 21 heavy (non-hydrogen) atoms. The molecule has 7 heteroatoms. The first kappa shape index (κ1) is 17.8. The van der Waals surface area contributed by atoms with Gasteiger partial charge in [0.1, 0.15) is 6.04 Å². The van der Waals surface area contributed by atoms with E-state index in [0.29, 0.717) is 10.8 Å². The van der Waals surface area contributed by atoms with E-state index in [9.17, 15) is 9.59 Å². The lowest BCUT2D eigenvalue weighted by atomic mass is 10.2. The predicted molar refractivity (Wildman–Crippen MR) is 84.6 cm³/mol. The number of aliphatic hydroxyl groups excluding tert-OH is 1. The lowest BCUT2D eigenvalue weighted by Crippen LogP contribution is -2.48. The van der Waals surface area contributed by atoms with Gasteiger partial charge in [0.05, 0.1) is 6.61 Å². The van der Waals surface area contributed by atoms with Crippen LogP contribution in [0.15, 0.2) is 23.1 Å². The van der Waals surface area contributed by atoms with Gasteiger partial charge in [-0.3, -0.25) is 9.59 Å². The number of aryl methyl sites for hydroxylation is 1. The topological polar surface area (TPSA) is 78.4 Å². The standard InChI is InChI=1S/C14H19ClN2O3S/c1-9-3-4-11(7-12(9)15)21-8-13(17-10(2)19)14(20)16-5-6-18/h3-4,7,13,18H,5-6,8H2,1-2H3,(H,16,20)(H,17,19). The maximum atomic E-state index is 11.9. The van der Waals surface area contributed by atoms with Crippen LogP contribution in [0.2, 0.25) is 5.02 Å². The minimum Gasteiger partial charge on any atom is -0.395 e. The van der Waals surface area contributed by atoms with Crippen molar-refractivity contribution in [1.82, 2.24) is 10.6 Å². The molecular formula is C14H19ClN2O3S. The predicted octanol–water partition coefficient (Wildman–Crippen LogP) is 1.35. The van der Waals surface area contributed by atoms with Gasteiger partial charge in [-0.25, -0.2) is 0 Å². The Morgan fingerprint density at radius 3 is 2.71 bits per heavy atom. The van der Waals surface area contributed by atoms with E-state index in [1.165, 1.54) is 18.7 Å². The number of rotatable bonds is 7. The second-order valence-corrected chi connectivity index (χ2v) is 5.99. The van der Waals surface area contributed by atoms with Gasteiger partial charge in [0.25, 0.3) is 0 Å². The molecule has 0 fully saturated rings. The molecular weight excluding hydrogens is 312 g/mol. The molecule has 0 aliphatic rings. The zero-order chi connectivity index (χ0) is 15.8. The van der Waals surface area contributed by atoms with Gasteiger partial charge in [0.2, 0.25) is 11.8 Å². The summed E-state index contributed by atoms with van der Waals surface area (Å²) in [6.45, 7) is 3.30. The van der Waals surface area contributed by atoms with Crippen molar-refractivity contribution in [3.8, 4) is 0 Å². The average molecular weight is 331 g/mol. The number of aliphatic hydroxyl groups is 1. The van der Waals surface area contributed by atoms with Crippen LogP contribution in [0.1, 0.15) is 12.5 Å². The van der Waals surface area contributed by atoms with E-state index in [1.54, 1.807) is 0 Å². The van der Waals surface area contributed by atoms with Crippen molar-refractivity contribution in [2.24, 2.45) is 0 Å². The number of hydrogen-bond donors (Lipinski definition) is 3. The van der Waals surface area contributed by atoms with Crippen molar-refractivity contribution in [2.75, 3.05) is 18.9 Å². The third-order valence-corrected chi connectivity index (χ3v) is 4.16. The number of hydrogen-bond acceptors (Lipinski definition) is 4. The van der Waals surface area contributed by atoms with Crippen molar-refractivity contribution in [3.63, 3.8) is 0 Å². The molecule has 1 rings (SSSR count). The number of halogens is 1. The van der Waals surface area contributed by atoms with Crippen molar-refractivity contribution in [2.45, 2.75) is 24.8 Å². The van der Waals surface area contributed by atoms with Crippen LogP contribution in [0.25, 0.3) is 0 Å². The van der Waals surface area contributed by atoms with Crippen molar-refractivity contribution in [1.29, 1.82) is 0 Å². The summed E-state index contributed by atoms with van der Waals surface area (Å²) in [4.78, 5) is 24.0. The van der Waals surface area contributed by atoms with E-state index in [0.717, 1.165) is 10.5 Å². The molecule has 1 aromatic rings. The monoisotopic (exact) mass is 330 g/mol. The quantitative estimate of drug-likeness (QED) is 0.660. The van der Waals surface area contributed by atoms with E-state index in [1.807, 2.05) is 25.1 Å². The number of benzene rings is 1. The Bertz CT molecular complexity index is 511. The third-order valence-electron chi connectivity index (χ3n) is 2.66. The van der Waals surface area contributed by atoms with Gasteiger partial charge in [0.15, 0.2) is 0 Å². The van der Waals surface area contributed by atoms with Crippen LogP contribution < -0.4 is 10.6 Å². The molecule has 0 heterocycles. The number of thioether (sulfide) groups is 1. The molecule has 1 aromatic carbocycles. The minimum atomic E-state index is -0.654. The van der Waals surface area contributed by atoms with Crippen LogP contribution >= 0.6 is 23.4 Å². The molecule has 116 valence electrons. The number of carbonyl (C=O) groups is 2. The fourth-order valence-corrected chi connectivity index (χ4v) is 2.78. The van der Waals surface area contributed by atoms with Crippen LogP contribution in [0, 0.1) is 6.92 Å². The molecule has 1 atom stereocenters. The average Bonchev–Trinajstić information content (AvgIpc) is 2.44. The first-order valence-corrected chi connectivity index (χ1v) is 7.85. The maximum absolute atomic E-state index is 11.9. The Hall–Kier alpha value is -1.24. The van der Waals surface area contributed by atoms with E-state index in [-0.39, 0.29) is 25.0 Å². The molecule has 3 N–H and O–H groups in total. The van der Waals surface area contributed by atoms with Gasteiger partial charge in [-0.2, -0.15) is 0 Å². The van der Waals surface area contributed by atoms with E-state index >= 15 is 0 Å². The summed E-state index contributed by atoms with van der Waals surface area (Å²) in [5.74, 6) is -0.206. The Labute approximate surface area is 133 Å². The Morgan fingerprint density at radius 1 is 1.43 bits per heavy atom. The molecule has 0 spiro atoms. The van der Waals surface area contributed by atoms with Crippen molar-refractivity contribution in [3.05, 3.63) is 28.8 Å². The van der Waals surface area contributed by atoms with Crippen molar-refractivity contribution >= 4 is 35.2 Å². The summed E-state index contributed by atoms with van der Waals surface area (Å²) in [6, 6.07) is 5.00. The summed E-state index contributed by atoms with van der Waals surface area (Å²) in [5, 5.41) is 14.5. The fourth-order valence-electron chi connectivity index (χ4n) is 1.57. The normalized spacial score (nSPS) is 11.8. The highest BCUT2D eigenvalue weighted by Gasteiger charge is 2.19. The molecule has 0 bridgehead atoms. The van der Waals surface area contributed by atoms with Crippen LogP contribution in [-0.4, -0.2) is 41.9 Å². The number of carbonyl (C=O) groups excluding carboxylic acids is 2. The molecule has 0 radical (unpaired) electrons. The van der Waals surface area contributed by atoms with Gasteiger partial charge in [-0.05, 0) is 24.6 Å². The van der Waals surface area contributed by atoms with Crippen LogP contribution in [-0.2, 0) is 9.59 Å². The van der Waals surface area contributed by atoms with Gasteiger partial charge < -0.3 is 15.7 Å². The molecule has 0 saturated heterocycles. The Balaban J connectivity index is 2.65. The second kappa shape index (κ2) is 8.92. The van der Waals surface area contributed by atoms with Gasteiger partial charge in [-0.1, -0.05) is 17.7 Å². The largest absolute Gasteiger partial charge is 0.395 e. The zero-order valence-electron chi connectivity index (χ0n) is 12.0. The number of amides is 2. The molecule has 5 nitrogen and oxygen atoms in total. The summed E-state index contributed by atoms with van der Waals surface area (Å²) >= 11 is 7.49. The lowest BCUT2D eigenvalue weighted by molar-refractivity contribution is -0.127. The summed E-state index contributed by atoms with van der Waals surface area (Å²) in [5.41, 5.74) is 0.986. The molecule has 0 aromatic heterocycles. The molecule has 0 aliphatic carbocycles. The molecule has 0 aliphatic heterocycles. The van der Waals surface area contributed by atoms with Gasteiger partial charge >= 0.3 is 0 Å².